The second kappa shape index (κ2) is 7.42. The first-order chi connectivity index (χ1) is 15.3. The number of hydrogen-bond donors (Lipinski definition) is 0. The number of cyclic esters (lactones) is 2. The first-order valence-corrected chi connectivity index (χ1v) is 11.1. The number of esters is 2. The van der Waals surface area contributed by atoms with Gasteiger partial charge in [-0.3, -0.25) is 9.59 Å². The number of carbonyl (C=O) groups excluding carboxylic acids is 2. The third kappa shape index (κ3) is 3.24. The van der Waals surface area contributed by atoms with Crippen LogP contribution in [0.5, 0.6) is 0 Å². The van der Waals surface area contributed by atoms with Gasteiger partial charge in [-0.25, -0.2) is 0 Å². The highest BCUT2D eigenvalue weighted by Crippen LogP contribution is 2.62. The van der Waals surface area contributed by atoms with Gasteiger partial charge in [-0.15, -0.1) is 0 Å². The minimum atomic E-state index is -1.54. The van der Waals surface area contributed by atoms with E-state index in [1.165, 1.54) is 0 Å². The highest BCUT2D eigenvalue weighted by atomic mass is 16.8. The molecule has 1 aliphatic carbocycles. The first-order valence-electron chi connectivity index (χ1n) is 11.1. The van der Waals surface area contributed by atoms with Crippen LogP contribution in [0.2, 0.25) is 0 Å². The van der Waals surface area contributed by atoms with Crippen molar-refractivity contribution in [2.24, 2.45) is 5.41 Å². The highest BCUT2D eigenvalue weighted by molar-refractivity contribution is 6.04. The van der Waals surface area contributed by atoms with Crippen molar-refractivity contribution in [2.45, 2.75) is 63.1 Å². The van der Waals surface area contributed by atoms with Gasteiger partial charge in [-0.2, -0.15) is 0 Å². The lowest BCUT2D eigenvalue weighted by Gasteiger charge is -2.54. The average molecular weight is 437 g/mol. The fourth-order valence-electron chi connectivity index (χ4n) is 5.61. The maximum Gasteiger partial charge on any atom is 0.328 e. The topological polar surface area (TPSA) is 71.1 Å². The Morgan fingerprint density at radius 3 is 1.66 bits per heavy atom. The second-order valence-electron chi connectivity index (χ2n) is 9.53. The summed E-state index contributed by atoms with van der Waals surface area (Å²) in [4.78, 5) is 27.7. The zero-order valence-corrected chi connectivity index (χ0v) is 18.6. The molecule has 1 saturated carbocycles. The third-order valence-electron chi connectivity index (χ3n) is 6.88. The summed E-state index contributed by atoms with van der Waals surface area (Å²) in [5.74, 6) is -4.39. The van der Waals surface area contributed by atoms with Crippen LogP contribution in [0.25, 0.3) is 0 Å². The van der Waals surface area contributed by atoms with Gasteiger partial charge < -0.3 is 18.9 Å². The minimum absolute atomic E-state index is 0.0684. The van der Waals surface area contributed by atoms with Gasteiger partial charge in [-0.1, -0.05) is 60.7 Å². The Kier molecular flexibility index (Phi) is 4.91. The molecule has 2 aliphatic heterocycles. The molecular weight excluding hydrogens is 408 g/mol. The van der Waals surface area contributed by atoms with Crippen LogP contribution in [-0.2, 0) is 28.5 Å². The van der Waals surface area contributed by atoms with Crippen molar-refractivity contribution in [3.8, 4) is 0 Å². The summed E-state index contributed by atoms with van der Waals surface area (Å²) >= 11 is 0. The molecule has 4 atom stereocenters. The Morgan fingerprint density at radius 2 is 1.25 bits per heavy atom. The van der Waals surface area contributed by atoms with E-state index in [1.807, 2.05) is 67.6 Å². The zero-order valence-electron chi connectivity index (χ0n) is 18.6. The number of benzene rings is 2. The molecule has 2 saturated heterocycles. The van der Waals surface area contributed by atoms with Crippen molar-refractivity contribution in [1.29, 1.82) is 0 Å². The van der Waals surface area contributed by atoms with Crippen LogP contribution in [0.4, 0.5) is 0 Å². The number of ether oxygens (including phenoxy) is 4. The molecule has 6 heteroatoms. The lowest BCUT2D eigenvalue weighted by Crippen LogP contribution is -2.63. The van der Waals surface area contributed by atoms with Crippen LogP contribution >= 0.6 is 0 Å². The van der Waals surface area contributed by atoms with Gasteiger partial charge in [0, 0.05) is 38.5 Å². The summed E-state index contributed by atoms with van der Waals surface area (Å²) in [5.41, 5.74) is 0.169. The third-order valence-corrected chi connectivity index (χ3v) is 6.88. The van der Waals surface area contributed by atoms with Gasteiger partial charge in [0.25, 0.3) is 5.79 Å². The molecule has 0 radical (unpaired) electrons. The predicted molar refractivity (Wildman–Crippen MR) is 116 cm³/mol. The summed E-state index contributed by atoms with van der Waals surface area (Å²) in [5, 5.41) is 0. The summed E-state index contributed by atoms with van der Waals surface area (Å²) in [6.45, 7) is 5.61. The fourth-order valence-corrected chi connectivity index (χ4v) is 5.61. The van der Waals surface area contributed by atoms with Crippen LogP contribution in [0.1, 0.15) is 56.6 Å². The molecule has 2 heterocycles. The molecule has 3 aliphatic rings. The molecule has 32 heavy (non-hydrogen) atoms. The summed E-state index contributed by atoms with van der Waals surface area (Å²) in [6, 6.07) is 19.2. The Balaban J connectivity index is 1.73. The van der Waals surface area contributed by atoms with E-state index in [2.05, 4.69) is 0 Å². The SMILES string of the molecule is C[C@H]1COC2(C[C@H](c3ccccc3)C3(C(=O)OC(C)(C)OC3=O)[C@H](c3ccccc3)C2)O1. The molecule has 6 nitrogen and oxygen atoms in total. The highest BCUT2D eigenvalue weighted by Gasteiger charge is 2.70. The van der Waals surface area contributed by atoms with Gasteiger partial charge in [0.2, 0.25) is 0 Å². The first kappa shape index (κ1) is 21.2. The molecule has 0 aromatic heterocycles. The number of rotatable bonds is 2. The largest absolute Gasteiger partial charge is 0.422 e. The lowest BCUT2D eigenvalue weighted by molar-refractivity contribution is -0.269. The van der Waals surface area contributed by atoms with Crippen molar-refractivity contribution < 1.29 is 28.5 Å². The van der Waals surface area contributed by atoms with E-state index in [1.54, 1.807) is 13.8 Å². The molecule has 2 aromatic rings. The molecule has 5 rings (SSSR count). The molecule has 168 valence electrons. The van der Waals surface area contributed by atoms with Gasteiger partial charge in [-0.05, 0) is 18.1 Å². The van der Waals surface area contributed by atoms with Crippen LogP contribution in [0.3, 0.4) is 0 Å². The number of hydrogen-bond acceptors (Lipinski definition) is 6. The second-order valence-corrected chi connectivity index (χ2v) is 9.53. The van der Waals surface area contributed by atoms with Crippen molar-refractivity contribution in [2.75, 3.05) is 6.61 Å². The Morgan fingerprint density at radius 1 is 0.781 bits per heavy atom. The maximum atomic E-state index is 13.8. The average Bonchev–Trinajstić information content (AvgIpc) is 3.12. The summed E-state index contributed by atoms with van der Waals surface area (Å²) in [6.07, 6.45) is 0.644. The Hall–Kier alpha value is -2.70. The van der Waals surface area contributed by atoms with E-state index in [0.29, 0.717) is 19.4 Å². The van der Waals surface area contributed by atoms with Crippen LogP contribution < -0.4 is 0 Å². The standard InChI is InChI=1S/C26H28O6/c1-17-16-29-25(30-17)14-20(18-10-6-4-7-11-18)26(21(15-25)19-12-8-5-9-13-19)22(27)31-24(2,3)32-23(26)28/h4-13,17,20-21H,14-16H2,1-3H3/t17-,20-,21+,25?/m0/s1. The maximum absolute atomic E-state index is 13.8. The molecular formula is C26H28O6. The van der Waals surface area contributed by atoms with Crippen molar-refractivity contribution in [3.05, 3.63) is 71.8 Å². The van der Waals surface area contributed by atoms with Gasteiger partial charge in [0.15, 0.2) is 11.2 Å². The molecule has 2 spiro atoms. The molecule has 0 bridgehead atoms. The Labute approximate surface area is 187 Å². The fraction of sp³-hybridized carbons (Fsp3) is 0.462. The van der Waals surface area contributed by atoms with Crippen molar-refractivity contribution >= 4 is 11.9 Å². The summed E-state index contributed by atoms with van der Waals surface area (Å²) < 4.78 is 24.0. The van der Waals surface area contributed by atoms with Crippen LogP contribution in [-0.4, -0.2) is 36.2 Å². The van der Waals surface area contributed by atoms with Gasteiger partial charge >= 0.3 is 11.9 Å². The van der Waals surface area contributed by atoms with Crippen LogP contribution in [0, 0.1) is 5.41 Å². The van der Waals surface area contributed by atoms with E-state index in [0.717, 1.165) is 11.1 Å². The smallest absolute Gasteiger partial charge is 0.328 e. The van der Waals surface area contributed by atoms with Crippen molar-refractivity contribution in [3.63, 3.8) is 0 Å². The van der Waals surface area contributed by atoms with Gasteiger partial charge in [0.05, 0.1) is 12.7 Å². The predicted octanol–water partition coefficient (Wildman–Crippen LogP) is 4.30. The lowest BCUT2D eigenvalue weighted by atomic mass is 9.54. The molecule has 3 fully saturated rings. The normalized spacial score (nSPS) is 33.2. The van der Waals surface area contributed by atoms with Crippen LogP contribution in [0.15, 0.2) is 60.7 Å². The monoisotopic (exact) mass is 436 g/mol. The van der Waals surface area contributed by atoms with Gasteiger partial charge in [0.1, 0.15) is 0 Å². The van der Waals surface area contributed by atoms with Crippen molar-refractivity contribution in [1.82, 2.24) is 0 Å². The molecule has 0 amide bonds. The van der Waals surface area contributed by atoms with E-state index < -0.39 is 40.8 Å². The number of carbonyl (C=O) groups is 2. The van der Waals surface area contributed by atoms with E-state index >= 15 is 0 Å². The van der Waals surface area contributed by atoms with E-state index in [-0.39, 0.29) is 6.10 Å². The molecule has 1 unspecified atom stereocenters. The molecule has 2 aromatic carbocycles. The summed E-state index contributed by atoms with van der Waals surface area (Å²) in [7, 11) is 0. The Bertz CT molecular complexity index is 944. The quantitative estimate of drug-likeness (QED) is 0.516. The van der Waals surface area contributed by atoms with E-state index in [9.17, 15) is 9.59 Å². The minimum Gasteiger partial charge on any atom is -0.422 e. The molecule has 0 N–H and O–H groups in total. The van der Waals surface area contributed by atoms with E-state index in [4.69, 9.17) is 18.9 Å². The zero-order chi connectivity index (χ0) is 22.6.